The van der Waals surface area contributed by atoms with Crippen molar-refractivity contribution in [1.29, 1.82) is 0 Å². The minimum Gasteiger partial charge on any atom is -0.491 e. The summed E-state index contributed by atoms with van der Waals surface area (Å²) >= 11 is 0. The third kappa shape index (κ3) is 22.7. The highest BCUT2D eigenvalue weighted by atomic mass is 16.5. The van der Waals surface area contributed by atoms with E-state index in [9.17, 15) is 14.4 Å². The molecule has 0 bridgehead atoms. The molecule has 0 aliphatic rings. The molecule has 0 aliphatic heterocycles. The van der Waals surface area contributed by atoms with Gasteiger partial charge in [0.15, 0.2) is 17.2 Å². The van der Waals surface area contributed by atoms with Crippen LogP contribution in [0.3, 0.4) is 0 Å². The molecule has 0 fully saturated rings. The topological polar surface area (TPSA) is 107 Å². The molecule has 0 saturated carbocycles. The molecular formula is C48H84O9. The summed E-state index contributed by atoms with van der Waals surface area (Å²) in [6, 6.07) is 0. The quantitative estimate of drug-likeness (QED) is 0.0365. The van der Waals surface area contributed by atoms with Gasteiger partial charge in [0.1, 0.15) is 16.7 Å². The Labute approximate surface area is 348 Å². The fourth-order valence-electron chi connectivity index (χ4n) is 7.27. The second kappa shape index (κ2) is 36.1. The summed E-state index contributed by atoms with van der Waals surface area (Å²) in [6.45, 7) is 7.45. The van der Waals surface area contributed by atoms with Gasteiger partial charge in [0.2, 0.25) is 0 Å². The second-order valence-electron chi connectivity index (χ2n) is 15.7. The summed E-state index contributed by atoms with van der Waals surface area (Å²) in [6.07, 6.45) is 34.6. The lowest BCUT2D eigenvalue weighted by molar-refractivity contribution is 0.0574. The van der Waals surface area contributed by atoms with E-state index >= 15 is 0 Å². The average molecular weight is 805 g/mol. The first kappa shape index (κ1) is 52.0. The van der Waals surface area contributed by atoms with Gasteiger partial charge in [-0.25, -0.2) is 14.4 Å². The zero-order chi connectivity index (χ0) is 41.8. The van der Waals surface area contributed by atoms with Gasteiger partial charge in [-0.2, -0.15) is 0 Å². The number of carbonyl (C=O) groups excluding carboxylic acids is 3. The predicted octanol–water partition coefficient (Wildman–Crippen LogP) is 13.9. The van der Waals surface area contributed by atoms with Crippen LogP contribution in [0.1, 0.15) is 244 Å². The van der Waals surface area contributed by atoms with Gasteiger partial charge in [-0.15, -0.1) is 0 Å². The van der Waals surface area contributed by atoms with Crippen LogP contribution in [0.2, 0.25) is 0 Å². The first-order valence-electron chi connectivity index (χ1n) is 23.3. The van der Waals surface area contributed by atoms with Crippen LogP contribution in [-0.4, -0.2) is 59.1 Å². The molecule has 9 nitrogen and oxygen atoms in total. The Kier molecular flexibility index (Phi) is 33.0. The van der Waals surface area contributed by atoms with Crippen molar-refractivity contribution in [2.24, 2.45) is 0 Å². The number of rotatable bonds is 39. The fraction of sp³-hybridized carbons (Fsp3) is 0.812. The Bertz CT molecular complexity index is 1020. The molecule has 1 aromatic rings. The number of benzene rings is 1. The summed E-state index contributed by atoms with van der Waals surface area (Å²) in [5.74, 6) is -2.51. The first-order chi connectivity index (χ1) is 27.9. The SMILES string of the molecule is CCCCCCCCCCCCOc1c(C(=O)OC)c(OCCCCCCCCCCCC)c(C(=O)OC)c(OCCCCCCCCCCCC)c1C(=O)OC. The molecule has 0 saturated heterocycles. The lowest BCUT2D eigenvalue weighted by Gasteiger charge is -2.23. The lowest BCUT2D eigenvalue weighted by Crippen LogP contribution is -2.21. The molecule has 0 aliphatic carbocycles. The monoisotopic (exact) mass is 805 g/mol. The van der Waals surface area contributed by atoms with E-state index in [1.165, 1.54) is 137 Å². The number of carbonyl (C=O) groups is 3. The number of unbranched alkanes of at least 4 members (excludes halogenated alkanes) is 27. The van der Waals surface area contributed by atoms with Crippen LogP contribution in [-0.2, 0) is 14.2 Å². The van der Waals surface area contributed by atoms with Gasteiger partial charge in [-0.3, -0.25) is 0 Å². The maximum atomic E-state index is 13.6. The molecule has 1 aromatic carbocycles. The Morgan fingerprint density at radius 2 is 0.474 bits per heavy atom. The highest BCUT2D eigenvalue weighted by Gasteiger charge is 2.38. The van der Waals surface area contributed by atoms with Gasteiger partial charge >= 0.3 is 17.9 Å². The van der Waals surface area contributed by atoms with Crippen LogP contribution in [0.4, 0.5) is 0 Å². The van der Waals surface area contributed by atoms with Gasteiger partial charge in [0.05, 0.1) is 41.2 Å². The fourth-order valence-corrected chi connectivity index (χ4v) is 7.27. The van der Waals surface area contributed by atoms with Crippen molar-refractivity contribution in [2.75, 3.05) is 41.2 Å². The van der Waals surface area contributed by atoms with Crippen LogP contribution in [0, 0.1) is 0 Å². The van der Waals surface area contributed by atoms with Crippen LogP contribution >= 0.6 is 0 Å². The van der Waals surface area contributed by atoms with E-state index in [1.54, 1.807) is 0 Å². The van der Waals surface area contributed by atoms with E-state index in [4.69, 9.17) is 28.4 Å². The van der Waals surface area contributed by atoms with Crippen LogP contribution in [0.15, 0.2) is 0 Å². The van der Waals surface area contributed by atoms with E-state index in [0.29, 0.717) is 0 Å². The minimum absolute atomic E-state index is 0.0478. The van der Waals surface area contributed by atoms with Crippen molar-refractivity contribution in [1.82, 2.24) is 0 Å². The molecule has 57 heavy (non-hydrogen) atoms. The van der Waals surface area contributed by atoms with Gasteiger partial charge in [-0.1, -0.05) is 194 Å². The standard InChI is InChI=1S/C48H84O9/c1-7-10-13-16-19-22-25-28-31-34-37-55-43-40(46(49)52-4)44(56-38-35-32-29-26-23-20-17-14-11-8-2)42(48(51)54-6)45(41(43)47(50)53-5)57-39-36-33-30-27-24-21-18-15-12-9-3/h7-39H2,1-6H3. The van der Waals surface area contributed by atoms with Gasteiger partial charge in [-0.05, 0) is 19.3 Å². The van der Waals surface area contributed by atoms with E-state index in [1.807, 2.05) is 0 Å². The van der Waals surface area contributed by atoms with E-state index < -0.39 is 17.9 Å². The molecule has 0 amide bonds. The molecule has 0 aromatic heterocycles. The normalized spacial score (nSPS) is 11.1. The summed E-state index contributed by atoms with van der Waals surface area (Å²) in [4.78, 5) is 40.9. The number of hydrogen-bond donors (Lipinski definition) is 0. The molecule has 1 rings (SSSR count). The third-order valence-corrected chi connectivity index (χ3v) is 10.8. The molecule has 0 spiro atoms. The molecule has 0 heterocycles. The van der Waals surface area contributed by atoms with Crippen molar-refractivity contribution in [3.8, 4) is 17.2 Å². The zero-order valence-electron chi connectivity index (χ0n) is 37.5. The van der Waals surface area contributed by atoms with Gasteiger partial charge in [0, 0.05) is 0 Å². The maximum Gasteiger partial charge on any atom is 0.345 e. The summed E-state index contributed by atoms with van der Waals surface area (Å²) in [5, 5.41) is 0. The van der Waals surface area contributed by atoms with E-state index in [2.05, 4.69) is 20.8 Å². The number of methoxy groups -OCH3 is 3. The average Bonchev–Trinajstić information content (AvgIpc) is 3.22. The van der Waals surface area contributed by atoms with Crippen LogP contribution in [0.25, 0.3) is 0 Å². The minimum atomic E-state index is -0.789. The van der Waals surface area contributed by atoms with Crippen LogP contribution in [0.5, 0.6) is 17.2 Å². The zero-order valence-corrected chi connectivity index (χ0v) is 37.5. The Hall–Kier alpha value is -2.97. The van der Waals surface area contributed by atoms with Gasteiger partial charge < -0.3 is 28.4 Å². The van der Waals surface area contributed by atoms with Crippen molar-refractivity contribution < 1.29 is 42.8 Å². The Morgan fingerprint density at radius 3 is 0.649 bits per heavy atom. The van der Waals surface area contributed by atoms with Crippen molar-refractivity contribution in [2.45, 2.75) is 213 Å². The maximum absolute atomic E-state index is 13.6. The molecule has 0 unspecified atom stereocenters. The molecule has 0 radical (unpaired) electrons. The third-order valence-electron chi connectivity index (χ3n) is 10.8. The Morgan fingerprint density at radius 1 is 0.298 bits per heavy atom. The van der Waals surface area contributed by atoms with Gasteiger partial charge in [0.25, 0.3) is 0 Å². The number of ether oxygens (including phenoxy) is 6. The van der Waals surface area contributed by atoms with Crippen molar-refractivity contribution in [3.05, 3.63) is 16.7 Å². The molecule has 0 N–H and O–H groups in total. The lowest BCUT2D eigenvalue weighted by atomic mass is 9.99. The van der Waals surface area contributed by atoms with Crippen LogP contribution < -0.4 is 14.2 Å². The highest BCUT2D eigenvalue weighted by molar-refractivity contribution is 6.10. The van der Waals surface area contributed by atoms with E-state index in [-0.39, 0.29) is 53.8 Å². The molecule has 0 atom stereocenters. The highest BCUT2D eigenvalue weighted by Crippen LogP contribution is 2.45. The smallest absolute Gasteiger partial charge is 0.345 e. The largest absolute Gasteiger partial charge is 0.491 e. The Balaban J connectivity index is 3.29. The van der Waals surface area contributed by atoms with Crippen molar-refractivity contribution >= 4 is 17.9 Å². The number of hydrogen-bond acceptors (Lipinski definition) is 9. The predicted molar refractivity (Wildman–Crippen MR) is 232 cm³/mol. The summed E-state index contributed by atoms with van der Waals surface area (Å²) < 4.78 is 34.7. The molecule has 9 heteroatoms. The summed E-state index contributed by atoms with van der Waals surface area (Å²) in [5.41, 5.74) is -0.406. The number of esters is 3. The van der Waals surface area contributed by atoms with E-state index in [0.717, 1.165) is 77.0 Å². The summed E-state index contributed by atoms with van der Waals surface area (Å²) in [7, 11) is 3.77. The molecular weight excluding hydrogens is 721 g/mol. The second-order valence-corrected chi connectivity index (χ2v) is 15.7. The first-order valence-corrected chi connectivity index (χ1v) is 23.3. The molecule has 330 valence electrons. The van der Waals surface area contributed by atoms with Crippen molar-refractivity contribution in [3.63, 3.8) is 0 Å².